The van der Waals surface area contributed by atoms with E-state index in [1.165, 1.54) is 10.5 Å². The Morgan fingerprint density at radius 1 is 1.08 bits per heavy atom. The lowest BCUT2D eigenvalue weighted by Crippen LogP contribution is -2.39. The van der Waals surface area contributed by atoms with Crippen molar-refractivity contribution >= 4 is 17.5 Å². The second-order valence-corrected chi connectivity index (χ2v) is 6.36. The lowest BCUT2D eigenvalue weighted by Gasteiger charge is -2.16. The molecule has 0 unspecified atom stereocenters. The molecule has 1 heterocycles. The summed E-state index contributed by atoms with van der Waals surface area (Å²) in [5, 5.41) is 3.21. The van der Waals surface area contributed by atoms with Crippen LogP contribution in [-0.4, -0.2) is 31.0 Å². The number of nitrogens with zero attached hydrogens (tertiary/aromatic N) is 1. The van der Waals surface area contributed by atoms with Crippen LogP contribution in [0.15, 0.2) is 54.6 Å². The fourth-order valence-corrected chi connectivity index (χ4v) is 3.01. The number of nitrogens with one attached hydrogen (secondary N) is 1. The summed E-state index contributed by atoms with van der Waals surface area (Å²) in [6.07, 6.45) is 1.95. The van der Waals surface area contributed by atoms with Crippen molar-refractivity contribution in [1.82, 2.24) is 5.32 Å². The zero-order chi connectivity index (χ0) is 18.4. The summed E-state index contributed by atoms with van der Waals surface area (Å²) in [7, 11) is 0. The third kappa shape index (κ3) is 4.29. The number of benzene rings is 2. The predicted molar refractivity (Wildman–Crippen MR) is 101 cm³/mol. The molecule has 0 aromatic heterocycles. The van der Waals surface area contributed by atoms with E-state index in [4.69, 9.17) is 4.74 Å². The molecule has 1 N–H and O–H groups in total. The summed E-state index contributed by atoms with van der Waals surface area (Å²) in [5.41, 5.74) is 1.80. The van der Waals surface area contributed by atoms with Gasteiger partial charge < -0.3 is 10.1 Å². The van der Waals surface area contributed by atoms with E-state index >= 15 is 0 Å². The Bertz CT molecular complexity index is 744. The third-order valence-electron chi connectivity index (χ3n) is 4.36. The van der Waals surface area contributed by atoms with Crippen LogP contribution in [0.4, 0.5) is 5.69 Å². The monoisotopic (exact) mass is 352 g/mol. The van der Waals surface area contributed by atoms with Crippen LogP contribution in [0.5, 0.6) is 5.75 Å². The molecule has 0 saturated carbocycles. The third-order valence-corrected chi connectivity index (χ3v) is 4.36. The molecule has 1 aliphatic heterocycles. The summed E-state index contributed by atoms with van der Waals surface area (Å²) >= 11 is 0. The van der Waals surface area contributed by atoms with E-state index in [2.05, 4.69) is 17.4 Å². The maximum atomic E-state index is 12.6. The van der Waals surface area contributed by atoms with E-state index in [0.717, 1.165) is 18.6 Å². The van der Waals surface area contributed by atoms with Crippen LogP contribution in [-0.2, 0) is 16.0 Å². The minimum absolute atomic E-state index is 0.172. The maximum absolute atomic E-state index is 12.6. The van der Waals surface area contributed by atoms with Gasteiger partial charge in [-0.15, -0.1) is 0 Å². The van der Waals surface area contributed by atoms with Gasteiger partial charge in [-0.1, -0.05) is 37.3 Å². The van der Waals surface area contributed by atoms with Crippen molar-refractivity contribution in [3.63, 3.8) is 0 Å². The van der Waals surface area contributed by atoms with Crippen LogP contribution in [0.3, 0.4) is 0 Å². The van der Waals surface area contributed by atoms with Gasteiger partial charge in [0.15, 0.2) is 0 Å². The van der Waals surface area contributed by atoms with E-state index in [1.54, 1.807) is 24.3 Å². The molecule has 2 amide bonds. The molecule has 2 aromatic carbocycles. The molecule has 0 spiro atoms. The van der Waals surface area contributed by atoms with Crippen molar-refractivity contribution in [3.05, 3.63) is 60.2 Å². The maximum Gasteiger partial charge on any atom is 0.251 e. The van der Waals surface area contributed by atoms with Crippen molar-refractivity contribution < 1.29 is 14.3 Å². The van der Waals surface area contributed by atoms with E-state index in [0.29, 0.717) is 18.8 Å². The molecule has 136 valence electrons. The highest BCUT2D eigenvalue weighted by molar-refractivity contribution is 6.22. The van der Waals surface area contributed by atoms with Gasteiger partial charge in [-0.3, -0.25) is 9.59 Å². The number of hydrogen-bond donors (Lipinski definition) is 1. The van der Waals surface area contributed by atoms with Gasteiger partial charge in [0.1, 0.15) is 5.75 Å². The van der Waals surface area contributed by atoms with Crippen LogP contribution in [0.25, 0.3) is 0 Å². The van der Waals surface area contributed by atoms with E-state index in [-0.39, 0.29) is 18.2 Å². The SMILES string of the molecule is CCCOc1ccc(N2C(=O)C[C@H](NCCc3ccccc3)C2=O)cc1. The largest absolute Gasteiger partial charge is 0.494 e. The Labute approximate surface area is 154 Å². The van der Waals surface area contributed by atoms with Crippen LogP contribution < -0.4 is 15.0 Å². The average molecular weight is 352 g/mol. The molecule has 26 heavy (non-hydrogen) atoms. The Kier molecular flexibility index (Phi) is 6.02. The number of imide groups is 1. The van der Waals surface area contributed by atoms with Crippen molar-refractivity contribution in [1.29, 1.82) is 0 Å². The number of hydrogen-bond acceptors (Lipinski definition) is 4. The Hall–Kier alpha value is -2.66. The molecule has 0 aliphatic carbocycles. The van der Waals surface area contributed by atoms with Crippen molar-refractivity contribution in [2.24, 2.45) is 0 Å². The zero-order valence-electron chi connectivity index (χ0n) is 15.0. The fourth-order valence-electron chi connectivity index (χ4n) is 3.01. The van der Waals surface area contributed by atoms with Gasteiger partial charge >= 0.3 is 0 Å². The van der Waals surface area contributed by atoms with Gasteiger partial charge in [-0.05, 0) is 49.2 Å². The van der Waals surface area contributed by atoms with Crippen molar-refractivity contribution in [2.75, 3.05) is 18.1 Å². The summed E-state index contributed by atoms with van der Waals surface area (Å²) in [4.78, 5) is 26.2. The van der Waals surface area contributed by atoms with Crippen LogP contribution in [0.2, 0.25) is 0 Å². The van der Waals surface area contributed by atoms with Crippen LogP contribution in [0, 0.1) is 0 Å². The lowest BCUT2D eigenvalue weighted by molar-refractivity contribution is -0.121. The van der Waals surface area contributed by atoms with Crippen LogP contribution >= 0.6 is 0 Å². The Morgan fingerprint density at radius 3 is 2.50 bits per heavy atom. The van der Waals surface area contributed by atoms with Crippen molar-refractivity contribution in [2.45, 2.75) is 32.2 Å². The number of carbonyl (C=O) groups excluding carboxylic acids is 2. The van der Waals surface area contributed by atoms with Gasteiger partial charge in [-0.2, -0.15) is 0 Å². The first-order valence-corrected chi connectivity index (χ1v) is 9.06. The fraction of sp³-hybridized carbons (Fsp3) is 0.333. The first-order chi connectivity index (χ1) is 12.7. The molecule has 1 atom stereocenters. The summed E-state index contributed by atoms with van der Waals surface area (Å²) in [6.45, 7) is 3.35. The van der Waals surface area contributed by atoms with E-state index in [1.807, 2.05) is 25.1 Å². The summed E-state index contributed by atoms with van der Waals surface area (Å²) in [6, 6.07) is 16.7. The summed E-state index contributed by atoms with van der Waals surface area (Å²) in [5.74, 6) is 0.381. The molecule has 2 aromatic rings. The first kappa shape index (κ1) is 18.1. The molecule has 3 rings (SSSR count). The normalized spacial score (nSPS) is 17.0. The highest BCUT2D eigenvalue weighted by Crippen LogP contribution is 2.25. The second kappa shape index (κ2) is 8.63. The molecule has 5 heteroatoms. The van der Waals surface area contributed by atoms with Gasteiger partial charge in [0.25, 0.3) is 5.91 Å². The van der Waals surface area contributed by atoms with Gasteiger partial charge in [0, 0.05) is 0 Å². The Morgan fingerprint density at radius 2 is 1.81 bits per heavy atom. The molecular formula is C21H24N2O3. The smallest absolute Gasteiger partial charge is 0.251 e. The van der Waals surface area contributed by atoms with Crippen LogP contribution in [0.1, 0.15) is 25.3 Å². The number of carbonyl (C=O) groups is 2. The molecule has 5 nitrogen and oxygen atoms in total. The Balaban J connectivity index is 1.58. The number of ether oxygens (including phenoxy) is 1. The number of anilines is 1. The number of rotatable bonds is 8. The van der Waals surface area contributed by atoms with E-state index in [9.17, 15) is 9.59 Å². The predicted octanol–water partition coefficient (Wildman–Crippen LogP) is 2.94. The standard InChI is InChI=1S/C21H24N2O3/c1-2-14-26-18-10-8-17(9-11-18)23-20(24)15-19(21(23)25)22-13-12-16-6-4-3-5-7-16/h3-11,19,22H,2,12-15H2,1H3/t19-/m0/s1. The topological polar surface area (TPSA) is 58.6 Å². The van der Waals surface area contributed by atoms with Crippen molar-refractivity contribution in [3.8, 4) is 5.75 Å². The van der Waals surface area contributed by atoms with E-state index < -0.39 is 6.04 Å². The molecule has 1 fully saturated rings. The lowest BCUT2D eigenvalue weighted by atomic mass is 10.1. The number of amides is 2. The van der Waals surface area contributed by atoms with Gasteiger partial charge in [0.2, 0.25) is 5.91 Å². The highest BCUT2D eigenvalue weighted by Gasteiger charge is 2.39. The molecule has 0 radical (unpaired) electrons. The highest BCUT2D eigenvalue weighted by atomic mass is 16.5. The van der Waals surface area contributed by atoms with Gasteiger partial charge in [0.05, 0.1) is 24.8 Å². The average Bonchev–Trinajstić information content (AvgIpc) is 2.95. The quantitative estimate of drug-likeness (QED) is 0.742. The van der Waals surface area contributed by atoms with Gasteiger partial charge in [-0.25, -0.2) is 4.90 Å². The molecular weight excluding hydrogens is 328 g/mol. The second-order valence-electron chi connectivity index (χ2n) is 6.36. The molecule has 0 bridgehead atoms. The molecule has 1 aliphatic rings. The zero-order valence-corrected chi connectivity index (χ0v) is 15.0. The minimum Gasteiger partial charge on any atom is -0.494 e. The summed E-state index contributed by atoms with van der Waals surface area (Å²) < 4.78 is 5.54. The first-order valence-electron chi connectivity index (χ1n) is 9.06. The molecule has 1 saturated heterocycles. The minimum atomic E-state index is -0.456.